The highest BCUT2D eigenvalue weighted by Gasteiger charge is 2.25. The highest BCUT2D eigenvalue weighted by molar-refractivity contribution is 7.13. The fourth-order valence-electron chi connectivity index (χ4n) is 3.68. The van der Waals surface area contributed by atoms with Crippen molar-refractivity contribution in [2.75, 3.05) is 0 Å². The highest BCUT2D eigenvalue weighted by Crippen LogP contribution is 2.26. The largest absolute Gasteiger partial charge is 0.448 e. The van der Waals surface area contributed by atoms with Gasteiger partial charge in [0.1, 0.15) is 5.69 Å². The number of ether oxygens (including phenoxy) is 1. The summed E-state index contributed by atoms with van der Waals surface area (Å²) in [5.41, 5.74) is 1.74. The van der Waals surface area contributed by atoms with Crippen LogP contribution in [0.1, 0.15) is 49.5 Å². The van der Waals surface area contributed by atoms with Crippen molar-refractivity contribution in [1.29, 1.82) is 0 Å². The second kappa shape index (κ2) is 9.26. The number of carbonyl (C=O) groups excluding carboxylic acids is 2. The van der Waals surface area contributed by atoms with Crippen molar-refractivity contribution in [2.45, 2.75) is 51.2 Å². The minimum absolute atomic E-state index is 0.174. The molecule has 4 rings (SSSR count). The molecule has 0 spiro atoms. The molecule has 2 heterocycles. The summed E-state index contributed by atoms with van der Waals surface area (Å²) < 4.78 is 7.10. The highest BCUT2D eigenvalue weighted by atomic mass is 32.1. The zero-order valence-corrected chi connectivity index (χ0v) is 17.7. The van der Waals surface area contributed by atoms with Gasteiger partial charge in [0.2, 0.25) is 0 Å². The van der Waals surface area contributed by atoms with Crippen LogP contribution >= 0.6 is 11.3 Å². The summed E-state index contributed by atoms with van der Waals surface area (Å²) in [6, 6.07) is 15.2. The lowest BCUT2D eigenvalue weighted by molar-refractivity contribution is -0.130. The molecule has 6 nitrogen and oxygen atoms in total. The molecule has 1 aromatic carbocycles. The van der Waals surface area contributed by atoms with Crippen molar-refractivity contribution in [3.63, 3.8) is 0 Å². The average Bonchev–Trinajstić information content (AvgIpc) is 3.45. The van der Waals surface area contributed by atoms with E-state index in [2.05, 4.69) is 10.4 Å². The van der Waals surface area contributed by atoms with E-state index in [9.17, 15) is 9.59 Å². The lowest BCUT2D eigenvalue weighted by atomic mass is 9.95. The minimum Gasteiger partial charge on any atom is -0.448 e. The quantitative estimate of drug-likeness (QED) is 0.588. The van der Waals surface area contributed by atoms with Crippen LogP contribution in [0.4, 0.5) is 0 Å². The summed E-state index contributed by atoms with van der Waals surface area (Å²) in [5, 5.41) is 9.59. The molecule has 1 amide bonds. The van der Waals surface area contributed by atoms with Crippen LogP contribution in [0.5, 0.6) is 0 Å². The number of benzene rings is 1. The molecule has 1 aliphatic rings. The van der Waals surface area contributed by atoms with Crippen LogP contribution in [0.15, 0.2) is 53.9 Å². The number of hydrogen-bond acceptors (Lipinski definition) is 5. The predicted octanol–water partition coefficient (Wildman–Crippen LogP) is 4.60. The molecular weight excluding hydrogens is 398 g/mol. The molecule has 3 aromatic rings. The lowest BCUT2D eigenvalue weighted by Gasteiger charge is -2.24. The van der Waals surface area contributed by atoms with Crippen LogP contribution in [0.3, 0.4) is 0 Å². The SMILES string of the molecule is CC(OC(=O)c1cc(-c2cccs2)nn1-c1ccccc1)C(=O)NC1CCCCC1. The summed E-state index contributed by atoms with van der Waals surface area (Å²) >= 11 is 1.55. The number of aromatic nitrogens is 2. The Morgan fingerprint density at radius 3 is 2.60 bits per heavy atom. The monoisotopic (exact) mass is 423 g/mol. The number of amides is 1. The van der Waals surface area contributed by atoms with Crippen molar-refractivity contribution in [3.8, 4) is 16.3 Å². The molecule has 0 bridgehead atoms. The Balaban J connectivity index is 1.53. The van der Waals surface area contributed by atoms with Gasteiger partial charge in [-0.25, -0.2) is 9.48 Å². The molecule has 1 fully saturated rings. The van der Waals surface area contributed by atoms with Gasteiger partial charge in [0.15, 0.2) is 11.8 Å². The Labute approximate surface area is 179 Å². The number of hydrogen-bond donors (Lipinski definition) is 1. The molecule has 2 aromatic heterocycles. The number of nitrogens with one attached hydrogen (secondary N) is 1. The normalized spacial score (nSPS) is 15.5. The number of para-hydroxylation sites is 1. The maximum absolute atomic E-state index is 13.0. The third-order valence-electron chi connectivity index (χ3n) is 5.30. The fourth-order valence-corrected chi connectivity index (χ4v) is 4.36. The summed E-state index contributed by atoms with van der Waals surface area (Å²) in [7, 11) is 0. The number of nitrogens with zero attached hydrogens (tertiary/aromatic N) is 2. The van der Waals surface area contributed by atoms with Crippen LogP contribution < -0.4 is 5.32 Å². The maximum Gasteiger partial charge on any atom is 0.357 e. The average molecular weight is 424 g/mol. The zero-order chi connectivity index (χ0) is 20.9. The summed E-state index contributed by atoms with van der Waals surface area (Å²) in [6.45, 7) is 1.61. The Bertz CT molecular complexity index is 992. The van der Waals surface area contributed by atoms with E-state index in [-0.39, 0.29) is 11.9 Å². The van der Waals surface area contributed by atoms with Crippen molar-refractivity contribution < 1.29 is 14.3 Å². The van der Waals surface area contributed by atoms with Gasteiger partial charge in [-0.05, 0) is 43.3 Å². The first-order valence-electron chi connectivity index (χ1n) is 10.3. The lowest BCUT2D eigenvalue weighted by Crippen LogP contribution is -2.42. The molecule has 156 valence electrons. The van der Waals surface area contributed by atoms with Gasteiger partial charge < -0.3 is 10.1 Å². The molecule has 1 aliphatic carbocycles. The fraction of sp³-hybridized carbons (Fsp3) is 0.348. The molecule has 1 unspecified atom stereocenters. The van der Waals surface area contributed by atoms with Gasteiger partial charge in [-0.15, -0.1) is 11.3 Å². The summed E-state index contributed by atoms with van der Waals surface area (Å²) in [5.74, 6) is -0.819. The Morgan fingerprint density at radius 1 is 1.13 bits per heavy atom. The molecule has 1 N–H and O–H groups in total. The Hall–Kier alpha value is -2.93. The second-order valence-corrected chi connectivity index (χ2v) is 8.48. The van der Waals surface area contributed by atoms with Crippen molar-refractivity contribution in [2.24, 2.45) is 0 Å². The van der Waals surface area contributed by atoms with E-state index in [4.69, 9.17) is 4.74 Å². The third kappa shape index (κ3) is 4.62. The molecule has 30 heavy (non-hydrogen) atoms. The summed E-state index contributed by atoms with van der Waals surface area (Å²) in [6.07, 6.45) is 4.56. The second-order valence-electron chi connectivity index (χ2n) is 7.53. The molecule has 1 atom stereocenters. The standard InChI is InChI=1S/C23H25N3O3S/c1-16(22(27)24-17-9-4-2-5-10-17)29-23(28)20-15-19(21-13-8-14-30-21)25-26(20)18-11-6-3-7-12-18/h3,6-8,11-17H,2,4-5,9-10H2,1H3,(H,24,27). The van der Waals surface area contributed by atoms with E-state index < -0.39 is 12.1 Å². The number of thiophene rings is 1. The van der Waals surface area contributed by atoms with Crippen molar-refractivity contribution in [1.82, 2.24) is 15.1 Å². The zero-order valence-electron chi connectivity index (χ0n) is 16.9. The van der Waals surface area contributed by atoms with E-state index >= 15 is 0 Å². The van der Waals surface area contributed by atoms with Crippen LogP contribution in [0, 0.1) is 0 Å². The van der Waals surface area contributed by atoms with E-state index in [0.717, 1.165) is 36.2 Å². The predicted molar refractivity (Wildman–Crippen MR) is 117 cm³/mol. The molecule has 1 saturated carbocycles. The van der Waals surface area contributed by atoms with Crippen LogP contribution in [-0.4, -0.2) is 33.8 Å². The Kier molecular flexibility index (Phi) is 6.28. The van der Waals surface area contributed by atoms with Gasteiger partial charge in [-0.2, -0.15) is 5.10 Å². The first kappa shape index (κ1) is 20.3. The van der Waals surface area contributed by atoms with Gasteiger partial charge in [-0.1, -0.05) is 43.5 Å². The van der Waals surface area contributed by atoms with Crippen molar-refractivity contribution >= 4 is 23.2 Å². The van der Waals surface area contributed by atoms with Gasteiger partial charge in [-0.3, -0.25) is 4.79 Å². The molecule has 7 heteroatoms. The first-order chi connectivity index (χ1) is 14.6. The molecule has 0 aliphatic heterocycles. The number of rotatable bonds is 6. The van der Waals surface area contributed by atoms with Gasteiger partial charge >= 0.3 is 5.97 Å². The maximum atomic E-state index is 13.0. The van der Waals surface area contributed by atoms with E-state index in [0.29, 0.717) is 11.4 Å². The minimum atomic E-state index is -0.872. The van der Waals surface area contributed by atoms with Crippen LogP contribution in [0.25, 0.3) is 16.3 Å². The van der Waals surface area contributed by atoms with Gasteiger partial charge in [0.25, 0.3) is 5.91 Å². The molecule has 0 saturated heterocycles. The first-order valence-corrected chi connectivity index (χ1v) is 11.2. The topological polar surface area (TPSA) is 73.2 Å². The van der Waals surface area contributed by atoms with Crippen LogP contribution in [-0.2, 0) is 9.53 Å². The molecular formula is C23H25N3O3S. The number of carbonyl (C=O) groups is 2. The summed E-state index contributed by atoms with van der Waals surface area (Å²) in [4.78, 5) is 26.4. The van der Waals surface area contributed by atoms with E-state index in [1.54, 1.807) is 29.0 Å². The number of esters is 1. The molecule has 0 radical (unpaired) electrons. The Morgan fingerprint density at radius 2 is 1.90 bits per heavy atom. The smallest absolute Gasteiger partial charge is 0.357 e. The van der Waals surface area contributed by atoms with E-state index in [1.807, 2.05) is 47.8 Å². The van der Waals surface area contributed by atoms with E-state index in [1.165, 1.54) is 6.42 Å². The van der Waals surface area contributed by atoms with Gasteiger partial charge in [0, 0.05) is 12.1 Å². The van der Waals surface area contributed by atoms with Crippen molar-refractivity contribution in [3.05, 3.63) is 59.6 Å². The van der Waals surface area contributed by atoms with Gasteiger partial charge in [0.05, 0.1) is 10.6 Å². The third-order valence-corrected chi connectivity index (χ3v) is 6.19. The van der Waals surface area contributed by atoms with Crippen LogP contribution in [0.2, 0.25) is 0 Å².